The lowest BCUT2D eigenvalue weighted by Gasteiger charge is -2.37. The third-order valence-electron chi connectivity index (χ3n) is 5.91. The highest BCUT2D eigenvalue weighted by Gasteiger charge is 2.45. The average molecular weight is 315 g/mol. The fraction of sp³-hybridized carbons (Fsp3) is 0.650. The molecule has 126 valence electrons. The van der Waals surface area contributed by atoms with E-state index in [-0.39, 0.29) is 12.1 Å². The molecule has 1 saturated carbocycles. The zero-order chi connectivity index (χ0) is 16.3. The van der Waals surface area contributed by atoms with Gasteiger partial charge in [0.25, 0.3) is 0 Å². The molecule has 3 heteroatoms. The van der Waals surface area contributed by atoms with Crippen LogP contribution in [0.3, 0.4) is 0 Å². The number of benzene rings is 1. The van der Waals surface area contributed by atoms with E-state index in [1.807, 2.05) is 18.2 Å². The monoisotopic (exact) mass is 315 g/mol. The number of ether oxygens (including phenoxy) is 1. The molecule has 1 aliphatic carbocycles. The van der Waals surface area contributed by atoms with Crippen molar-refractivity contribution in [1.29, 1.82) is 0 Å². The third kappa shape index (κ3) is 3.45. The summed E-state index contributed by atoms with van der Waals surface area (Å²) in [7, 11) is 2.13. The third-order valence-corrected chi connectivity index (χ3v) is 5.91. The maximum Gasteiger partial charge on any atom is 0.316 e. The molecule has 2 aliphatic rings. The topological polar surface area (TPSA) is 29.5 Å². The molecule has 23 heavy (non-hydrogen) atoms. The van der Waals surface area contributed by atoms with E-state index in [4.69, 9.17) is 4.74 Å². The Bertz CT molecular complexity index is 516. The van der Waals surface area contributed by atoms with Gasteiger partial charge in [0, 0.05) is 13.1 Å². The molecule has 0 amide bonds. The Labute approximate surface area is 140 Å². The highest BCUT2D eigenvalue weighted by atomic mass is 16.5. The molecule has 0 N–H and O–H groups in total. The first-order chi connectivity index (χ1) is 11.1. The van der Waals surface area contributed by atoms with E-state index in [1.54, 1.807) is 0 Å². The maximum atomic E-state index is 13.2. The van der Waals surface area contributed by atoms with E-state index >= 15 is 0 Å². The van der Waals surface area contributed by atoms with Crippen LogP contribution in [-0.4, -0.2) is 37.1 Å². The number of likely N-dealkylation sites (tertiary alicyclic amines) is 1. The zero-order valence-electron chi connectivity index (χ0n) is 14.5. The van der Waals surface area contributed by atoms with Crippen LogP contribution < -0.4 is 0 Å². The Morgan fingerprint density at radius 1 is 1.09 bits per heavy atom. The smallest absolute Gasteiger partial charge is 0.316 e. The van der Waals surface area contributed by atoms with Crippen molar-refractivity contribution >= 4 is 5.97 Å². The second-order valence-corrected chi connectivity index (χ2v) is 7.46. The van der Waals surface area contributed by atoms with E-state index in [1.165, 1.54) is 12.8 Å². The standard InChI is InChI=1S/C20H29NO2/c1-20(17-10-6-7-11-17,16-8-4-3-5-9-16)19(22)23-18-12-14-21(2)15-13-18/h3-5,8-9,17-18H,6-7,10-15H2,1-2H3. The molecule has 0 bridgehead atoms. The number of hydrogen-bond donors (Lipinski definition) is 0. The van der Waals surface area contributed by atoms with Crippen molar-refractivity contribution in [2.24, 2.45) is 5.92 Å². The van der Waals surface area contributed by atoms with E-state index in [2.05, 4.69) is 31.0 Å². The van der Waals surface area contributed by atoms with Crippen LogP contribution in [0.4, 0.5) is 0 Å². The van der Waals surface area contributed by atoms with Crippen LogP contribution in [0.15, 0.2) is 30.3 Å². The number of rotatable bonds is 4. The number of esters is 1. The number of nitrogens with zero attached hydrogens (tertiary/aromatic N) is 1. The van der Waals surface area contributed by atoms with Gasteiger partial charge in [-0.1, -0.05) is 43.2 Å². The molecule has 0 radical (unpaired) electrons. The van der Waals surface area contributed by atoms with Gasteiger partial charge in [-0.15, -0.1) is 0 Å². The lowest BCUT2D eigenvalue weighted by molar-refractivity contribution is -0.160. The van der Waals surface area contributed by atoms with Gasteiger partial charge in [-0.25, -0.2) is 0 Å². The quantitative estimate of drug-likeness (QED) is 0.792. The van der Waals surface area contributed by atoms with Gasteiger partial charge in [-0.2, -0.15) is 0 Å². The molecule has 1 saturated heterocycles. The second kappa shape index (κ2) is 7.04. The number of hydrogen-bond acceptors (Lipinski definition) is 3. The first-order valence-corrected chi connectivity index (χ1v) is 9.06. The molecular weight excluding hydrogens is 286 g/mol. The minimum atomic E-state index is -0.499. The van der Waals surface area contributed by atoms with Crippen molar-refractivity contribution in [1.82, 2.24) is 4.90 Å². The van der Waals surface area contributed by atoms with Gasteiger partial charge < -0.3 is 9.64 Å². The molecule has 3 rings (SSSR count). The summed E-state index contributed by atoms with van der Waals surface area (Å²) in [4.78, 5) is 15.5. The van der Waals surface area contributed by atoms with Crippen molar-refractivity contribution in [3.8, 4) is 0 Å². The number of carbonyl (C=O) groups excluding carboxylic acids is 1. The molecular formula is C20H29NO2. The van der Waals surface area contributed by atoms with Gasteiger partial charge in [0.1, 0.15) is 6.10 Å². The van der Waals surface area contributed by atoms with Crippen LogP contribution in [0.1, 0.15) is 51.0 Å². The summed E-state index contributed by atoms with van der Waals surface area (Å²) in [6.07, 6.45) is 6.73. The number of piperidine rings is 1. The Hall–Kier alpha value is -1.35. The highest BCUT2D eigenvalue weighted by Crippen LogP contribution is 2.43. The van der Waals surface area contributed by atoms with Crippen molar-refractivity contribution in [2.75, 3.05) is 20.1 Å². The highest BCUT2D eigenvalue weighted by molar-refractivity contribution is 5.83. The fourth-order valence-electron chi connectivity index (χ4n) is 4.18. The van der Waals surface area contributed by atoms with Crippen molar-refractivity contribution in [3.05, 3.63) is 35.9 Å². The summed E-state index contributed by atoms with van der Waals surface area (Å²) in [5.74, 6) is 0.397. The predicted octanol–water partition coefficient (Wildman–Crippen LogP) is 3.77. The molecule has 0 spiro atoms. The molecule has 2 fully saturated rings. The van der Waals surface area contributed by atoms with Crippen LogP contribution >= 0.6 is 0 Å². The van der Waals surface area contributed by atoms with Crippen LogP contribution in [0.25, 0.3) is 0 Å². The molecule has 1 heterocycles. The summed E-state index contributed by atoms with van der Waals surface area (Å²) in [5.41, 5.74) is 0.617. The van der Waals surface area contributed by atoms with Gasteiger partial charge in [0.2, 0.25) is 0 Å². The molecule has 0 aromatic heterocycles. The lowest BCUT2D eigenvalue weighted by atomic mass is 9.71. The van der Waals surface area contributed by atoms with E-state index in [9.17, 15) is 4.79 Å². The van der Waals surface area contributed by atoms with Crippen LogP contribution in [0, 0.1) is 5.92 Å². The van der Waals surface area contributed by atoms with Gasteiger partial charge in [-0.05, 0) is 51.1 Å². The van der Waals surface area contributed by atoms with Gasteiger partial charge >= 0.3 is 5.97 Å². The zero-order valence-corrected chi connectivity index (χ0v) is 14.5. The summed E-state index contributed by atoms with van der Waals surface area (Å²) in [6, 6.07) is 10.3. The number of carbonyl (C=O) groups is 1. The Morgan fingerprint density at radius 2 is 1.70 bits per heavy atom. The lowest BCUT2D eigenvalue weighted by Crippen LogP contribution is -2.44. The summed E-state index contributed by atoms with van der Waals surface area (Å²) in [5, 5.41) is 0. The van der Waals surface area contributed by atoms with Crippen LogP contribution in [-0.2, 0) is 14.9 Å². The molecule has 3 nitrogen and oxygen atoms in total. The summed E-state index contributed by atoms with van der Waals surface area (Å²) < 4.78 is 6.01. The Morgan fingerprint density at radius 3 is 2.30 bits per heavy atom. The predicted molar refractivity (Wildman–Crippen MR) is 92.4 cm³/mol. The molecule has 1 atom stereocenters. The summed E-state index contributed by atoms with van der Waals surface area (Å²) in [6.45, 7) is 4.14. The van der Waals surface area contributed by atoms with Gasteiger partial charge in [-0.3, -0.25) is 4.79 Å². The molecule has 1 aromatic carbocycles. The van der Waals surface area contributed by atoms with Gasteiger partial charge in [0.05, 0.1) is 5.41 Å². The first-order valence-electron chi connectivity index (χ1n) is 9.06. The van der Waals surface area contributed by atoms with Crippen molar-refractivity contribution < 1.29 is 9.53 Å². The second-order valence-electron chi connectivity index (χ2n) is 7.46. The maximum absolute atomic E-state index is 13.2. The summed E-state index contributed by atoms with van der Waals surface area (Å²) >= 11 is 0. The van der Waals surface area contributed by atoms with Crippen LogP contribution in [0.2, 0.25) is 0 Å². The normalized spacial score (nSPS) is 23.6. The SMILES string of the molecule is CN1CCC(OC(=O)C(C)(c2ccccc2)C2CCCC2)CC1. The molecule has 1 unspecified atom stereocenters. The minimum Gasteiger partial charge on any atom is -0.462 e. The van der Waals surface area contributed by atoms with Crippen molar-refractivity contribution in [3.63, 3.8) is 0 Å². The molecule has 1 aliphatic heterocycles. The van der Waals surface area contributed by atoms with Crippen LogP contribution in [0.5, 0.6) is 0 Å². The van der Waals surface area contributed by atoms with Crippen molar-refractivity contribution in [2.45, 2.75) is 57.0 Å². The Kier molecular flexibility index (Phi) is 5.05. The minimum absolute atomic E-state index is 0.00912. The van der Waals surface area contributed by atoms with Gasteiger partial charge in [0.15, 0.2) is 0 Å². The fourth-order valence-corrected chi connectivity index (χ4v) is 4.18. The van der Waals surface area contributed by atoms with E-state index in [0.717, 1.165) is 44.3 Å². The largest absolute Gasteiger partial charge is 0.462 e. The Balaban J connectivity index is 1.79. The molecule has 1 aromatic rings. The van der Waals surface area contributed by atoms with E-state index in [0.29, 0.717) is 5.92 Å². The van der Waals surface area contributed by atoms with E-state index < -0.39 is 5.41 Å². The first kappa shape index (κ1) is 16.5. The average Bonchev–Trinajstić information content (AvgIpc) is 3.12.